The Labute approximate surface area is 155 Å². The Balaban J connectivity index is 1.93. The van der Waals surface area contributed by atoms with Crippen molar-refractivity contribution in [2.24, 2.45) is 0 Å². The maximum Gasteiger partial charge on any atom is 0.226 e. The zero-order chi connectivity index (χ0) is 19.1. The molecular formula is C21H26N2O3. The van der Waals surface area contributed by atoms with Crippen molar-refractivity contribution in [3.8, 4) is 5.75 Å². The SMILES string of the molecule is CC(=O)N(CCC(=O)Nc1ccc(OC(C)C)cc1)c1cccc(C)c1. The number of carbonyl (C=O) groups excluding carboxylic acids is 2. The van der Waals surface area contributed by atoms with E-state index in [-0.39, 0.29) is 24.3 Å². The van der Waals surface area contributed by atoms with Crippen LogP contribution in [0.15, 0.2) is 48.5 Å². The molecule has 0 aromatic heterocycles. The molecule has 2 aromatic carbocycles. The summed E-state index contributed by atoms with van der Waals surface area (Å²) in [5.74, 6) is 0.542. The summed E-state index contributed by atoms with van der Waals surface area (Å²) in [6.07, 6.45) is 0.326. The van der Waals surface area contributed by atoms with Gasteiger partial charge in [0.05, 0.1) is 6.10 Å². The standard InChI is InChI=1S/C21H26N2O3/c1-15(2)26-20-10-8-18(9-11-20)22-21(25)12-13-23(17(4)24)19-7-5-6-16(3)14-19/h5-11,14-15H,12-13H2,1-4H3,(H,22,25). The highest BCUT2D eigenvalue weighted by Crippen LogP contribution is 2.18. The molecule has 0 fully saturated rings. The second-order valence-electron chi connectivity index (χ2n) is 6.50. The fourth-order valence-corrected chi connectivity index (χ4v) is 2.59. The average Bonchev–Trinajstić information content (AvgIpc) is 2.56. The van der Waals surface area contributed by atoms with Crippen molar-refractivity contribution in [2.45, 2.75) is 40.2 Å². The highest BCUT2D eigenvalue weighted by molar-refractivity contribution is 5.94. The van der Waals surface area contributed by atoms with E-state index in [0.29, 0.717) is 12.2 Å². The first kappa shape index (κ1) is 19.5. The van der Waals surface area contributed by atoms with Crippen molar-refractivity contribution in [1.82, 2.24) is 0 Å². The monoisotopic (exact) mass is 354 g/mol. The number of hydrogen-bond acceptors (Lipinski definition) is 3. The third-order valence-electron chi connectivity index (χ3n) is 3.77. The maximum absolute atomic E-state index is 12.2. The summed E-state index contributed by atoms with van der Waals surface area (Å²) < 4.78 is 5.58. The summed E-state index contributed by atoms with van der Waals surface area (Å²) in [6.45, 7) is 7.74. The van der Waals surface area contributed by atoms with E-state index < -0.39 is 0 Å². The summed E-state index contributed by atoms with van der Waals surface area (Å²) >= 11 is 0. The van der Waals surface area contributed by atoms with E-state index >= 15 is 0 Å². The van der Waals surface area contributed by atoms with Crippen LogP contribution in [0.1, 0.15) is 32.8 Å². The molecule has 0 saturated carbocycles. The number of hydrogen-bond donors (Lipinski definition) is 1. The van der Waals surface area contributed by atoms with Crippen LogP contribution < -0.4 is 15.0 Å². The van der Waals surface area contributed by atoms with Gasteiger partial charge in [0.25, 0.3) is 0 Å². The van der Waals surface area contributed by atoms with Crippen molar-refractivity contribution in [2.75, 3.05) is 16.8 Å². The zero-order valence-electron chi connectivity index (χ0n) is 15.8. The van der Waals surface area contributed by atoms with Crippen LogP contribution in [0.25, 0.3) is 0 Å². The minimum atomic E-state index is -0.138. The largest absolute Gasteiger partial charge is 0.491 e. The molecule has 5 heteroatoms. The van der Waals surface area contributed by atoms with E-state index in [2.05, 4.69) is 5.32 Å². The van der Waals surface area contributed by atoms with E-state index in [9.17, 15) is 9.59 Å². The van der Waals surface area contributed by atoms with Crippen LogP contribution in [0, 0.1) is 6.92 Å². The van der Waals surface area contributed by atoms with Gasteiger partial charge in [-0.15, -0.1) is 0 Å². The Hall–Kier alpha value is -2.82. The second-order valence-corrected chi connectivity index (χ2v) is 6.50. The smallest absolute Gasteiger partial charge is 0.226 e. The Morgan fingerprint density at radius 1 is 1.12 bits per heavy atom. The van der Waals surface area contributed by atoms with Gasteiger partial charge in [-0.2, -0.15) is 0 Å². The maximum atomic E-state index is 12.2. The van der Waals surface area contributed by atoms with Crippen molar-refractivity contribution >= 4 is 23.2 Å². The lowest BCUT2D eigenvalue weighted by Crippen LogP contribution is -2.32. The lowest BCUT2D eigenvalue weighted by atomic mass is 10.2. The van der Waals surface area contributed by atoms with E-state index in [1.807, 2.05) is 57.2 Å². The molecule has 0 aliphatic rings. The molecule has 0 saturated heterocycles. The lowest BCUT2D eigenvalue weighted by Gasteiger charge is -2.21. The zero-order valence-corrected chi connectivity index (χ0v) is 15.8. The summed E-state index contributed by atoms with van der Waals surface area (Å²) in [5, 5.41) is 2.85. The van der Waals surface area contributed by atoms with Gasteiger partial charge in [0.15, 0.2) is 0 Å². The molecule has 0 atom stereocenters. The highest BCUT2D eigenvalue weighted by atomic mass is 16.5. The van der Waals surface area contributed by atoms with Crippen molar-refractivity contribution < 1.29 is 14.3 Å². The molecule has 0 radical (unpaired) electrons. The first-order valence-corrected chi connectivity index (χ1v) is 8.76. The highest BCUT2D eigenvalue weighted by Gasteiger charge is 2.13. The number of anilines is 2. The number of amides is 2. The summed E-state index contributed by atoms with van der Waals surface area (Å²) in [4.78, 5) is 25.8. The van der Waals surface area contributed by atoms with Gasteiger partial charge in [-0.05, 0) is 62.7 Å². The summed E-state index contributed by atoms with van der Waals surface area (Å²) in [5.41, 5.74) is 2.58. The molecule has 138 valence electrons. The predicted molar refractivity (Wildman–Crippen MR) is 105 cm³/mol. The first-order chi connectivity index (χ1) is 12.3. The topological polar surface area (TPSA) is 58.6 Å². The molecule has 26 heavy (non-hydrogen) atoms. The first-order valence-electron chi connectivity index (χ1n) is 8.76. The number of nitrogens with one attached hydrogen (secondary N) is 1. The molecule has 5 nitrogen and oxygen atoms in total. The number of aryl methyl sites for hydroxylation is 1. The molecule has 2 aromatic rings. The van der Waals surface area contributed by atoms with Crippen LogP contribution >= 0.6 is 0 Å². The Morgan fingerprint density at radius 3 is 2.38 bits per heavy atom. The Bertz CT molecular complexity index is 754. The van der Waals surface area contributed by atoms with Crippen LogP contribution in [0.2, 0.25) is 0 Å². The molecule has 1 N–H and O–H groups in total. The molecule has 2 rings (SSSR count). The van der Waals surface area contributed by atoms with Gasteiger partial charge in [-0.1, -0.05) is 12.1 Å². The number of carbonyl (C=O) groups is 2. The summed E-state index contributed by atoms with van der Waals surface area (Å²) in [7, 11) is 0. The van der Waals surface area contributed by atoms with Gasteiger partial charge in [0, 0.05) is 31.3 Å². The molecule has 0 heterocycles. The lowest BCUT2D eigenvalue weighted by molar-refractivity contribution is -0.117. The Kier molecular flexibility index (Phi) is 6.78. The molecular weight excluding hydrogens is 328 g/mol. The van der Waals surface area contributed by atoms with Crippen molar-refractivity contribution in [3.63, 3.8) is 0 Å². The number of benzene rings is 2. The van der Waals surface area contributed by atoms with Crippen LogP contribution in [-0.2, 0) is 9.59 Å². The van der Waals surface area contributed by atoms with Crippen LogP contribution in [0.3, 0.4) is 0 Å². The minimum absolute atomic E-state index is 0.0846. The molecule has 0 aliphatic carbocycles. The van der Waals surface area contributed by atoms with Gasteiger partial charge in [0.2, 0.25) is 11.8 Å². The van der Waals surface area contributed by atoms with Gasteiger partial charge < -0.3 is 15.0 Å². The van der Waals surface area contributed by atoms with E-state index in [1.165, 1.54) is 6.92 Å². The third-order valence-corrected chi connectivity index (χ3v) is 3.77. The molecule has 0 bridgehead atoms. The van der Waals surface area contributed by atoms with E-state index in [4.69, 9.17) is 4.74 Å². The number of nitrogens with zero attached hydrogens (tertiary/aromatic N) is 1. The second kappa shape index (κ2) is 9.04. The van der Waals surface area contributed by atoms with Crippen molar-refractivity contribution in [1.29, 1.82) is 0 Å². The van der Waals surface area contributed by atoms with Crippen molar-refractivity contribution in [3.05, 3.63) is 54.1 Å². The van der Waals surface area contributed by atoms with Gasteiger partial charge in [-0.25, -0.2) is 0 Å². The normalized spacial score (nSPS) is 10.5. The minimum Gasteiger partial charge on any atom is -0.491 e. The molecule has 0 aliphatic heterocycles. The van der Waals surface area contributed by atoms with Gasteiger partial charge in [-0.3, -0.25) is 9.59 Å². The quantitative estimate of drug-likeness (QED) is 0.812. The number of ether oxygens (including phenoxy) is 1. The fourth-order valence-electron chi connectivity index (χ4n) is 2.59. The molecule has 2 amide bonds. The third kappa shape index (κ3) is 5.92. The average molecular weight is 354 g/mol. The summed E-state index contributed by atoms with van der Waals surface area (Å²) in [6, 6.07) is 14.9. The molecule has 0 spiro atoms. The number of rotatable bonds is 7. The van der Waals surface area contributed by atoms with E-state index in [0.717, 1.165) is 17.0 Å². The van der Waals surface area contributed by atoms with E-state index in [1.54, 1.807) is 17.0 Å². The van der Waals surface area contributed by atoms with Crippen LogP contribution in [-0.4, -0.2) is 24.5 Å². The Morgan fingerprint density at radius 2 is 1.81 bits per heavy atom. The molecule has 0 unspecified atom stereocenters. The van der Waals surface area contributed by atoms with Crippen LogP contribution in [0.4, 0.5) is 11.4 Å². The van der Waals surface area contributed by atoms with Gasteiger partial charge >= 0.3 is 0 Å². The van der Waals surface area contributed by atoms with Crippen LogP contribution in [0.5, 0.6) is 5.75 Å². The fraction of sp³-hybridized carbons (Fsp3) is 0.333. The van der Waals surface area contributed by atoms with Gasteiger partial charge in [0.1, 0.15) is 5.75 Å². The predicted octanol–water partition coefficient (Wildman–Crippen LogP) is 4.16.